The summed E-state index contributed by atoms with van der Waals surface area (Å²) in [5.41, 5.74) is -0.553. The summed E-state index contributed by atoms with van der Waals surface area (Å²) in [5, 5.41) is 17.1. The molecular weight excluding hydrogens is 416 g/mol. The first-order valence-electron chi connectivity index (χ1n) is 9.14. The Balaban J connectivity index is 2.06. The van der Waals surface area contributed by atoms with Crippen molar-refractivity contribution in [3.8, 4) is 0 Å². The number of halogens is 1. The smallest absolute Gasteiger partial charge is 0.329 e. The second-order valence-electron chi connectivity index (χ2n) is 7.99. The van der Waals surface area contributed by atoms with Crippen LogP contribution in [0, 0.1) is 16.0 Å². The largest absolute Gasteiger partial charge is 0.454 e. The Hall–Kier alpha value is -3.01. The molecule has 1 aromatic carbocycles. The number of amides is 1. The first-order valence-corrected chi connectivity index (χ1v) is 9.52. The summed E-state index contributed by atoms with van der Waals surface area (Å²) in [4.78, 5) is 39.4. The molecule has 0 spiro atoms. The van der Waals surface area contributed by atoms with E-state index < -0.39 is 22.8 Å². The standard InChI is InChI=1S/C19H23ClN4O6/c1-10(2)15(17(26)29-9-14-21-18(23-30-14)19(3,4)5)22-16(25)12-7-6-11(24(27)28)8-13(12)20/h6-8,10,15H,9H2,1-5H3,(H,22,25)/t15-/m0/s1. The van der Waals surface area contributed by atoms with Crippen molar-refractivity contribution >= 4 is 29.2 Å². The number of carbonyl (C=O) groups is 2. The first kappa shape index (κ1) is 23.3. The maximum Gasteiger partial charge on any atom is 0.329 e. The van der Waals surface area contributed by atoms with Crippen molar-refractivity contribution in [2.45, 2.75) is 52.7 Å². The number of hydrogen-bond acceptors (Lipinski definition) is 8. The summed E-state index contributed by atoms with van der Waals surface area (Å²) in [7, 11) is 0. The molecule has 0 saturated carbocycles. The number of esters is 1. The lowest BCUT2D eigenvalue weighted by Crippen LogP contribution is -2.45. The molecule has 0 radical (unpaired) electrons. The van der Waals surface area contributed by atoms with Gasteiger partial charge in [0.1, 0.15) is 6.04 Å². The second kappa shape index (κ2) is 9.21. The molecule has 1 heterocycles. The number of nitrogens with zero attached hydrogens (tertiary/aromatic N) is 3. The summed E-state index contributed by atoms with van der Waals surface area (Å²) in [6.07, 6.45) is 0. The summed E-state index contributed by atoms with van der Waals surface area (Å²) < 4.78 is 10.3. The van der Waals surface area contributed by atoms with Gasteiger partial charge in [-0.25, -0.2) is 4.79 Å². The van der Waals surface area contributed by atoms with Crippen molar-refractivity contribution in [1.29, 1.82) is 0 Å². The average Bonchev–Trinajstić information content (AvgIpc) is 3.13. The molecule has 0 aliphatic rings. The van der Waals surface area contributed by atoms with Gasteiger partial charge in [0.05, 0.1) is 15.5 Å². The highest BCUT2D eigenvalue weighted by atomic mass is 35.5. The first-order chi connectivity index (χ1) is 13.9. The molecule has 10 nitrogen and oxygen atoms in total. The molecule has 0 unspecified atom stereocenters. The molecule has 30 heavy (non-hydrogen) atoms. The van der Waals surface area contributed by atoms with Crippen LogP contribution in [0.5, 0.6) is 0 Å². The molecule has 0 fully saturated rings. The second-order valence-corrected chi connectivity index (χ2v) is 8.39. The zero-order valence-electron chi connectivity index (χ0n) is 17.3. The number of non-ortho nitro benzene ring substituents is 1. The van der Waals surface area contributed by atoms with E-state index in [-0.39, 0.29) is 40.1 Å². The molecule has 0 saturated heterocycles. The Morgan fingerprint density at radius 2 is 2.00 bits per heavy atom. The highest BCUT2D eigenvalue weighted by molar-refractivity contribution is 6.34. The van der Waals surface area contributed by atoms with E-state index in [0.717, 1.165) is 12.1 Å². The van der Waals surface area contributed by atoms with Gasteiger partial charge in [0, 0.05) is 17.5 Å². The van der Waals surface area contributed by atoms with Crippen molar-refractivity contribution in [2.75, 3.05) is 0 Å². The fourth-order valence-corrected chi connectivity index (χ4v) is 2.62. The van der Waals surface area contributed by atoms with Crippen molar-refractivity contribution in [3.63, 3.8) is 0 Å². The van der Waals surface area contributed by atoms with Crippen molar-refractivity contribution < 1.29 is 23.8 Å². The number of benzene rings is 1. The lowest BCUT2D eigenvalue weighted by atomic mass is 9.96. The Morgan fingerprint density at radius 1 is 1.33 bits per heavy atom. The maximum atomic E-state index is 12.5. The summed E-state index contributed by atoms with van der Waals surface area (Å²) >= 11 is 5.98. The zero-order chi connectivity index (χ0) is 22.6. The third-order valence-corrected chi connectivity index (χ3v) is 4.40. The Labute approximate surface area is 178 Å². The lowest BCUT2D eigenvalue weighted by Gasteiger charge is -2.20. The van der Waals surface area contributed by atoms with Crippen LogP contribution in [0.15, 0.2) is 22.7 Å². The molecule has 1 amide bonds. The van der Waals surface area contributed by atoms with E-state index in [0.29, 0.717) is 5.82 Å². The predicted molar refractivity (Wildman–Crippen MR) is 107 cm³/mol. The Morgan fingerprint density at radius 3 is 2.50 bits per heavy atom. The highest BCUT2D eigenvalue weighted by Crippen LogP contribution is 2.23. The van der Waals surface area contributed by atoms with Crippen LogP contribution < -0.4 is 5.32 Å². The monoisotopic (exact) mass is 438 g/mol. The average molecular weight is 439 g/mol. The van der Waals surface area contributed by atoms with Gasteiger partial charge in [-0.1, -0.05) is 51.4 Å². The van der Waals surface area contributed by atoms with Crippen LogP contribution >= 0.6 is 11.6 Å². The normalized spacial score (nSPS) is 12.5. The predicted octanol–water partition coefficient (Wildman–Crippen LogP) is 3.43. The molecular formula is C19H23ClN4O6. The number of nitrogens with one attached hydrogen (secondary N) is 1. The van der Waals surface area contributed by atoms with E-state index in [1.165, 1.54) is 6.07 Å². The molecule has 1 atom stereocenters. The third kappa shape index (κ3) is 5.76. The number of aromatic nitrogens is 2. The fraction of sp³-hybridized carbons (Fsp3) is 0.474. The van der Waals surface area contributed by atoms with Crippen molar-refractivity contribution in [1.82, 2.24) is 15.5 Å². The van der Waals surface area contributed by atoms with Gasteiger partial charge in [0.25, 0.3) is 17.5 Å². The van der Waals surface area contributed by atoms with E-state index in [9.17, 15) is 19.7 Å². The third-order valence-electron chi connectivity index (χ3n) is 4.09. The maximum absolute atomic E-state index is 12.5. The fourth-order valence-electron chi connectivity index (χ4n) is 2.36. The number of ether oxygens (including phenoxy) is 1. The van der Waals surface area contributed by atoms with Crippen molar-refractivity contribution in [3.05, 3.63) is 50.6 Å². The SMILES string of the molecule is CC(C)[C@H](NC(=O)c1ccc([N+](=O)[O-])cc1Cl)C(=O)OCc1nc(C(C)(C)C)no1. The minimum absolute atomic E-state index is 0.00689. The van der Waals surface area contributed by atoms with Gasteiger partial charge in [0.2, 0.25) is 0 Å². The molecule has 2 aromatic rings. The molecule has 1 N–H and O–H groups in total. The molecule has 1 aromatic heterocycles. The molecule has 0 aliphatic heterocycles. The number of carbonyl (C=O) groups excluding carboxylic acids is 2. The summed E-state index contributed by atoms with van der Waals surface area (Å²) in [6.45, 7) is 8.98. The van der Waals surface area contributed by atoms with Crippen LogP contribution in [-0.2, 0) is 21.6 Å². The number of nitro groups is 1. The number of hydrogen-bond donors (Lipinski definition) is 1. The quantitative estimate of drug-likeness (QED) is 0.394. The van der Waals surface area contributed by atoms with Gasteiger partial charge >= 0.3 is 5.97 Å². The van der Waals surface area contributed by atoms with Gasteiger partial charge in [-0.3, -0.25) is 14.9 Å². The molecule has 11 heteroatoms. The van der Waals surface area contributed by atoms with E-state index in [1.807, 2.05) is 20.8 Å². The van der Waals surface area contributed by atoms with Gasteiger partial charge in [-0.05, 0) is 12.0 Å². The number of rotatable bonds is 7. The van der Waals surface area contributed by atoms with E-state index >= 15 is 0 Å². The summed E-state index contributed by atoms with van der Waals surface area (Å²) in [5.74, 6) is -1.02. The zero-order valence-corrected chi connectivity index (χ0v) is 18.0. The topological polar surface area (TPSA) is 137 Å². The van der Waals surface area contributed by atoms with Crippen LogP contribution in [0.3, 0.4) is 0 Å². The van der Waals surface area contributed by atoms with E-state index in [2.05, 4.69) is 15.5 Å². The lowest BCUT2D eigenvalue weighted by molar-refractivity contribution is -0.384. The molecule has 0 bridgehead atoms. The van der Waals surface area contributed by atoms with Gasteiger partial charge in [0.15, 0.2) is 12.4 Å². The minimum atomic E-state index is -0.978. The Kier molecular flexibility index (Phi) is 7.14. The van der Waals surface area contributed by atoms with Gasteiger partial charge in [-0.2, -0.15) is 4.98 Å². The minimum Gasteiger partial charge on any atom is -0.454 e. The van der Waals surface area contributed by atoms with Crippen molar-refractivity contribution in [2.24, 2.45) is 5.92 Å². The van der Waals surface area contributed by atoms with Crippen LogP contribution in [0.1, 0.15) is 56.7 Å². The van der Waals surface area contributed by atoms with E-state index in [4.69, 9.17) is 20.9 Å². The molecule has 0 aliphatic carbocycles. The molecule has 2 rings (SSSR count). The van der Waals surface area contributed by atoms with Crippen LogP contribution in [0.4, 0.5) is 5.69 Å². The number of nitro benzene ring substituents is 1. The van der Waals surface area contributed by atoms with Gasteiger partial charge in [-0.15, -0.1) is 0 Å². The van der Waals surface area contributed by atoms with Gasteiger partial charge < -0.3 is 14.6 Å². The Bertz CT molecular complexity index is 951. The van der Waals surface area contributed by atoms with Crippen LogP contribution in [0.25, 0.3) is 0 Å². The van der Waals surface area contributed by atoms with E-state index in [1.54, 1.807) is 13.8 Å². The van der Waals surface area contributed by atoms with Crippen LogP contribution in [0.2, 0.25) is 5.02 Å². The summed E-state index contributed by atoms with van der Waals surface area (Å²) in [6, 6.07) is 2.48. The van der Waals surface area contributed by atoms with Crippen LogP contribution in [-0.4, -0.2) is 33.0 Å². The molecule has 162 valence electrons. The highest BCUT2D eigenvalue weighted by Gasteiger charge is 2.28.